The number of carbonyl (C=O) groups excluding carboxylic acids is 1. The van der Waals surface area contributed by atoms with E-state index in [1.54, 1.807) is 0 Å². The van der Waals surface area contributed by atoms with E-state index >= 15 is 0 Å². The highest BCUT2D eigenvalue weighted by molar-refractivity contribution is 7.09. The van der Waals surface area contributed by atoms with Gasteiger partial charge in [0.1, 0.15) is 5.01 Å². The average Bonchev–Trinajstić information content (AvgIpc) is 2.94. The number of carboxylic acid groups (broad SMARTS) is 1. The highest BCUT2D eigenvalue weighted by atomic mass is 32.1. The van der Waals surface area contributed by atoms with Crippen molar-refractivity contribution in [2.45, 2.75) is 32.2 Å². The maximum absolute atomic E-state index is 12.3. The number of rotatable bonds is 4. The van der Waals surface area contributed by atoms with Crippen molar-refractivity contribution in [3.05, 3.63) is 16.1 Å². The highest BCUT2D eigenvalue weighted by Gasteiger charge is 2.57. The van der Waals surface area contributed by atoms with Crippen LogP contribution >= 0.6 is 11.3 Å². The number of amides is 1. The lowest BCUT2D eigenvalue weighted by Crippen LogP contribution is -2.34. The van der Waals surface area contributed by atoms with Gasteiger partial charge in [-0.3, -0.25) is 4.79 Å². The second kappa shape index (κ2) is 5.38. The summed E-state index contributed by atoms with van der Waals surface area (Å²) < 4.78 is 0. The quantitative estimate of drug-likeness (QED) is 0.782. The summed E-state index contributed by atoms with van der Waals surface area (Å²) >= 11 is 1.27. The fourth-order valence-electron chi connectivity index (χ4n) is 3.16. The Hall–Kier alpha value is -1.47. The molecular formula is C14H19N3O3S. The highest BCUT2D eigenvalue weighted by Crippen LogP contribution is 2.58. The van der Waals surface area contributed by atoms with Crippen molar-refractivity contribution in [3.63, 3.8) is 0 Å². The standard InChI is InChI=1S/C14H19N3O3S/c1-8(12-17-10(7-21-12)13(19)20)16-11(18)9-6-14(9)2-4-15-5-3-14/h7-9,15H,2-6H2,1H3,(H,16,18)(H,19,20). The lowest BCUT2D eigenvalue weighted by Gasteiger charge is -2.23. The molecule has 1 aromatic heterocycles. The van der Waals surface area contributed by atoms with E-state index in [-0.39, 0.29) is 29.0 Å². The molecule has 1 aromatic rings. The Bertz CT molecular complexity index is 566. The van der Waals surface area contributed by atoms with Gasteiger partial charge < -0.3 is 15.7 Å². The van der Waals surface area contributed by atoms with Crippen LogP contribution in [0.1, 0.15) is 47.7 Å². The van der Waals surface area contributed by atoms with Crippen LogP contribution in [0.25, 0.3) is 0 Å². The van der Waals surface area contributed by atoms with Gasteiger partial charge in [-0.1, -0.05) is 0 Å². The molecule has 0 radical (unpaired) electrons. The van der Waals surface area contributed by atoms with Crippen LogP contribution < -0.4 is 10.6 Å². The molecule has 1 saturated heterocycles. The smallest absolute Gasteiger partial charge is 0.355 e. The molecular weight excluding hydrogens is 290 g/mol. The Kier molecular flexibility index (Phi) is 3.71. The number of hydrogen-bond donors (Lipinski definition) is 3. The van der Waals surface area contributed by atoms with Crippen molar-refractivity contribution in [1.82, 2.24) is 15.6 Å². The maximum atomic E-state index is 12.3. The number of hydrogen-bond acceptors (Lipinski definition) is 5. The number of piperidine rings is 1. The van der Waals surface area contributed by atoms with E-state index in [0.29, 0.717) is 5.01 Å². The molecule has 2 aliphatic rings. The van der Waals surface area contributed by atoms with Crippen molar-refractivity contribution in [2.75, 3.05) is 13.1 Å². The van der Waals surface area contributed by atoms with Gasteiger partial charge in [-0.05, 0) is 44.7 Å². The molecule has 1 aliphatic heterocycles. The van der Waals surface area contributed by atoms with Gasteiger partial charge >= 0.3 is 5.97 Å². The van der Waals surface area contributed by atoms with Crippen LogP contribution in [0.5, 0.6) is 0 Å². The number of aromatic carboxylic acids is 1. The van der Waals surface area contributed by atoms with E-state index in [2.05, 4.69) is 15.6 Å². The molecule has 1 amide bonds. The predicted molar refractivity (Wildman–Crippen MR) is 78.3 cm³/mol. The zero-order chi connectivity index (χ0) is 15.0. The molecule has 0 aromatic carbocycles. The molecule has 2 heterocycles. The third kappa shape index (κ3) is 2.80. The minimum Gasteiger partial charge on any atom is -0.476 e. The van der Waals surface area contributed by atoms with Gasteiger partial charge in [0.25, 0.3) is 0 Å². The van der Waals surface area contributed by atoms with E-state index in [4.69, 9.17) is 5.11 Å². The number of thiazole rings is 1. The zero-order valence-corrected chi connectivity index (χ0v) is 12.7. The number of aromatic nitrogens is 1. The first-order chi connectivity index (χ1) is 10.0. The van der Waals surface area contributed by atoms with Crippen LogP contribution in [-0.4, -0.2) is 35.1 Å². The lowest BCUT2D eigenvalue weighted by atomic mass is 9.91. The van der Waals surface area contributed by atoms with E-state index in [1.165, 1.54) is 16.7 Å². The van der Waals surface area contributed by atoms with Gasteiger partial charge in [-0.25, -0.2) is 9.78 Å². The maximum Gasteiger partial charge on any atom is 0.355 e. The molecule has 3 rings (SSSR count). The van der Waals surface area contributed by atoms with Gasteiger partial charge in [0, 0.05) is 11.3 Å². The lowest BCUT2D eigenvalue weighted by molar-refractivity contribution is -0.123. The fraction of sp³-hybridized carbons (Fsp3) is 0.643. The minimum absolute atomic E-state index is 0.0392. The van der Waals surface area contributed by atoms with Crippen molar-refractivity contribution in [2.24, 2.45) is 11.3 Å². The van der Waals surface area contributed by atoms with Gasteiger partial charge in [-0.15, -0.1) is 11.3 Å². The molecule has 1 aliphatic carbocycles. The molecule has 2 unspecified atom stereocenters. The molecule has 3 N–H and O–H groups in total. The summed E-state index contributed by atoms with van der Waals surface area (Å²) in [7, 11) is 0. The molecule has 2 fully saturated rings. The zero-order valence-electron chi connectivity index (χ0n) is 11.9. The molecule has 114 valence electrons. The van der Waals surface area contributed by atoms with E-state index in [9.17, 15) is 9.59 Å². The second-order valence-corrected chi connectivity index (χ2v) is 6.87. The summed E-state index contributed by atoms with van der Waals surface area (Å²) in [5, 5.41) is 17.3. The van der Waals surface area contributed by atoms with Crippen molar-refractivity contribution >= 4 is 23.2 Å². The number of carbonyl (C=O) groups is 2. The largest absolute Gasteiger partial charge is 0.476 e. The molecule has 0 bridgehead atoms. The first kappa shape index (κ1) is 14.5. The summed E-state index contributed by atoms with van der Waals surface area (Å²) in [5.74, 6) is -0.843. The van der Waals surface area contributed by atoms with Crippen molar-refractivity contribution in [1.29, 1.82) is 0 Å². The summed E-state index contributed by atoms with van der Waals surface area (Å²) in [5.41, 5.74) is 0.252. The molecule has 7 heteroatoms. The average molecular weight is 309 g/mol. The van der Waals surface area contributed by atoms with Crippen LogP contribution in [0, 0.1) is 11.3 Å². The molecule has 6 nitrogen and oxygen atoms in total. The topological polar surface area (TPSA) is 91.3 Å². The fourth-order valence-corrected chi connectivity index (χ4v) is 3.96. The van der Waals surface area contributed by atoms with Crippen LogP contribution in [0.15, 0.2) is 5.38 Å². The van der Waals surface area contributed by atoms with Gasteiger partial charge in [0.2, 0.25) is 5.91 Å². The SMILES string of the molecule is CC(NC(=O)C1CC12CCNCC2)c1nc(C(=O)O)cs1. The van der Waals surface area contributed by atoms with Crippen LogP contribution in [0.4, 0.5) is 0 Å². The molecule has 1 saturated carbocycles. The monoisotopic (exact) mass is 309 g/mol. The second-order valence-electron chi connectivity index (χ2n) is 5.98. The first-order valence-electron chi connectivity index (χ1n) is 7.22. The Labute approximate surface area is 127 Å². The summed E-state index contributed by atoms with van der Waals surface area (Å²) in [4.78, 5) is 27.2. The summed E-state index contributed by atoms with van der Waals surface area (Å²) in [6.07, 6.45) is 3.12. The Morgan fingerprint density at radius 1 is 1.52 bits per heavy atom. The van der Waals surface area contributed by atoms with Crippen LogP contribution in [-0.2, 0) is 4.79 Å². The van der Waals surface area contributed by atoms with Crippen LogP contribution in [0.3, 0.4) is 0 Å². The van der Waals surface area contributed by atoms with Gasteiger partial charge in [0.15, 0.2) is 5.69 Å². The first-order valence-corrected chi connectivity index (χ1v) is 8.10. The van der Waals surface area contributed by atoms with Crippen molar-refractivity contribution in [3.8, 4) is 0 Å². The van der Waals surface area contributed by atoms with Gasteiger partial charge in [-0.2, -0.15) is 0 Å². The van der Waals surface area contributed by atoms with Crippen LogP contribution in [0.2, 0.25) is 0 Å². The number of carboxylic acids is 1. The molecule has 1 spiro atoms. The Balaban J connectivity index is 1.58. The summed E-state index contributed by atoms with van der Waals surface area (Å²) in [6, 6.07) is -0.241. The Morgan fingerprint density at radius 3 is 2.86 bits per heavy atom. The van der Waals surface area contributed by atoms with E-state index in [0.717, 1.165) is 32.4 Å². The van der Waals surface area contributed by atoms with Gasteiger partial charge in [0.05, 0.1) is 6.04 Å². The number of nitrogens with one attached hydrogen (secondary N) is 2. The summed E-state index contributed by atoms with van der Waals surface area (Å²) in [6.45, 7) is 3.83. The van der Waals surface area contributed by atoms with E-state index in [1.807, 2.05) is 6.92 Å². The third-order valence-electron chi connectivity index (χ3n) is 4.58. The van der Waals surface area contributed by atoms with E-state index < -0.39 is 5.97 Å². The van der Waals surface area contributed by atoms with Crippen molar-refractivity contribution < 1.29 is 14.7 Å². The number of nitrogens with zero attached hydrogens (tertiary/aromatic N) is 1. The third-order valence-corrected chi connectivity index (χ3v) is 5.60. The minimum atomic E-state index is -1.04. The molecule has 21 heavy (non-hydrogen) atoms. The molecule has 2 atom stereocenters. The predicted octanol–water partition coefficient (Wildman–Crippen LogP) is 1.41. The Morgan fingerprint density at radius 2 is 2.24 bits per heavy atom. The normalized spacial score (nSPS) is 24.5.